The molecule has 0 radical (unpaired) electrons. The van der Waals surface area contributed by atoms with Crippen LogP contribution in [0.4, 0.5) is 5.82 Å². The lowest BCUT2D eigenvalue weighted by molar-refractivity contribution is 0.939. The first kappa shape index (κ1) is 10.6. The van der Waals surface area contributed by atoms with E-state index in [1.807, 2.05) is 31.2 Å². The van der Waals surface area contributed by atoms with Crippen molar-refractivity contribution in [2.75, 3.05) is 5.43 Å². The van der Waals surface area contributed by atoms with E-state index >= 15 is 0 Å². The van der Waals surface area contributed by atoms with Crippen LogP contribution in [-0.2, 0) is 6.42 Å². The lowest BCUT2D eigenvalue weighted by atomic mass is 10.0. The van der Waals surface area contributed by atoms with Gasteiger partial charge < -0.3 is 5.43 Å². The fraction of sp³-hybridized carbons (Fsp3) is 0.167. The molecular formula is C12H14N4. The van der Waals surface area contributed by atoms with E-state index in [0.717, 1.165) is 17.7 Å². The van der Waals surface area contributed by atoms with Crippen LogP contribution in [0.2, 0.25) is 0 Å². The molecule has 0 aliphatic heterocycles. The van der Waals surface area contributed by atoms with Crippen LogP contribution in [-0.4, -0.2) is 10.2 Å². The van der Waals surface area contributed by atoms with Gasteiger partial charge in [0.05, 0.1) is 5.69 Å². The Morgan fingerprint density at radius 2 is 1.94 bits per heavy atom. The van der Waals surface area contributed by atoms with Crippen LogP contribution in [0.3, 0.4) is 0 Å². The second-order valence-electron chi connectivity index (χ2n) is 3.65. The summed E-state index contributed by atoms with van der Waals surface area (Å²) in [6.07, 6.45) is 0.844. The van der Waals surface area contributed by atoms with Crippen molar-refractivity contribution in [3.05, 3.63) is 53.2 Å². The number of benzene rings is 1. The summed E-state index contributed by atoms with van der Waals surface area (Å²) in [4.78, 5) is 0. The number of nitrogens with one attached hydrogen (secondary N) is 1. The summed E-state index contributed by atoms with van der Waals surface area (Å²) in [5.74, 6) is 5.90. The molecule has 1 aromatic carbocycles. The highest BCUT2D eigenvalue weighted by molar-refractivity contribution is 5.38. The van der Waals surface area contributed by atoms with Crippen LogP contribution < -0.4 is 11.3 Å². The molecule has 4 nitrogen and oxygen atoms in total. The van der Waals surface area contributed by atoms with Gasteiger partial charge in [0.2, 0.25) is 0 Å². The molecule has 1 aromatic heterocycles. The van der Waals surface area contributed by atoms with E-state index in [1.165, 1.54) is 5.56 Å². The molecule has 0 atom stereocenters. The maximum absolute atomic E-state index is 5.31. The van der Waals surface area contributed by atoms with Crippen molar-refractivity contribution in [2.45, 2.75) is 13.3 Å². The molecule has 0 unspecified atom stereocenters. The molecule has 0 amide bonds. The Bertz CT molecular complexity index is 468. The van der Waals surface area contributed by atoms with E-state index < -0.39 is 0 Å². The first-order chi connectivity index (χ1) is 7.79. The predicted octanol–water partition coefficient (Wildman–Crippen LogP) is 1.66. The number of aryl methyl sites for hydroxylation is 1. The average Bonchev–Trinajstić information content (AvgIpc) is 2.33. The van der Waals surface area contributed by atoms with Gasteiger partial charge in [0, 0.05) is 0 Å². The summed E-state index contributed by atoms with van der Waals surface area (Å²) in [6.45, 7) is 1.95. The Morgan fingerprint density at radius 1 is 1.19 bits per heavy atom. The SMILES string of the molecule is Cc1nnc(NN)cc1Cc1ccccc1. The van der Waals surface area contributed by atoms with Gasteiger partial charge >= 0.3 is 0 Å². The van der Waals surface area contributed by atoms with Gasteiger partial charge in [0.15, 0.2) is 5.82 Å². The van der Waals surface area contributed by atoms with E-state index in [0.29, 0.717) is 5.82 Å². The monoisotopic (exact) mass is 214 g/mol. The zero-order chi connectivity index (χ0) is 11.4. The molecule has 0 fully saturated rings. The molecule has 16 heavy (non-hydrogen) atoms. The van der Waals surface area contributed by atoms with Gasteiger partial charge in [-0.25, -0.2) is 5.84 Å². The molecule has 0 spiro atoms. The minimum absolute atomic E-state index is 0.594. The molecule has 0 aliphatic rings. The minimum Gasteiger partial charge on any atom is -0.307 e. The van der Waals surface area contributed by atoms with Gasteiger partial charge in [0.25, 0.3) is 0 Å². The molecule has 3 N–H and O–H groups in total. The third kappa shape index (κ3) is 2.35. The lowest BCUT2D eigenvalue weighted by Gasteiger charge is -2.06. The molecule has 0 aliphatic carbocycles. The molecule has 0 saturated carbocycles. The Hall–Kier alpha value is -1.94. The molecule has 1 heterocycles. The van der Waals surface area contributed by atoms with Crippen molar-refractivity contribution in [3.63, 3.8) is 0 Å². The maximum Gasteiger partial charge on any atom is 0.162 e. The van der Waals surface area contributed by atoms with Crippen molar-refractivity contribution in [3.8, 4) is 0 Å². The quantitative estimate of drug-likeness (QED) is 0.602. The molecule has 2 aromatic rings. The van der Waals surface area contributed by atoms with E-state index in [4.69, 9.17) is 5.84 Å². The molecule has 0 saturated heterocycles. The topological polar surface area (TPSA) is 63.8 Å². The minimum atomic E-state index is 0.594. The first-order valence-electron chi connectivity index (χ1n) is 5.13. The molecular weight excluding hydrogens is 200 g/mol. The van der Waals surface area contributed by atoms with Crippen LogP contribution in [0.5, 0.6) is 0 Å². The average molecular weight is 214 g/mol. The van der Waals surface area contributed by atoms with E-state index in [9.17, 15) is 0 Å². The fourth-order valence-corrected chi connectivity index (χ4v) is 1.56. The largest absolute Gasteiger partial charge is 0.307 e. The van der Waals surface area contributed by atoms with Gasteiger partial charge in [-0.1, -0.05) is 30.3 Å². The van der Waals surface area contributed by atoms with Crippen LogP contribution in [0.15, 0.2) is 36.4 Å². The maximum atomic E-state index is 5.31. The number of hydrogen-bond acceptors (Lipinski definition) is 4. The third-order valence-corrected chi connectivity index (χ3v) is 2.47. The highest BCUT2D eigenvalue weighted by Gasteiger charge is 2.03. The van der Waals surface area contributed by atoms with Gasteiger partial charge in [-0.3, -0.25) is 0 Å². The Labute approximate surface area is 94.5 Å². The Morgan fingerprint density at radius 3 is 2.62 bits per heavy atom. The van der Waals surface area contributed by atoms with Crippen molar-refractivity contribution >= 4 is 5.82 Å². The zero-order valence-corrected chi connectivity index (χ0v) is 9.14. The molecule has 4 heteroatoms. The normalized spacial score (nSPS) is 10.1. The molecule has 2 rings (SSSR count). The highest BCUT2D eigenvalue weighted by atomic mass is 15.3. The molecule has 82 valence electrons. The third-order valence-electron chi connectivity index (χ3n) is 2.47. The van der Waals surface area contributed by atoms with Crippen LogP contribution >= 0.6 is 0 Å². The summed E-state index contributed by atoms with van der Waals surface area (Å²) in [5, 5.41) is 7.97. The van der Waals surface area contributed by atoms with Crippen LogP contribution in [0, 0.1) is 6.92 Å². The fourth-order valence-electron chi connectivity index (χ4n) is 1.56. The van der Waals surface area contributed by atoms with Crippen molar-refractivity contribution in [2.24, 2.45) is 5.84 Å². The van der Waals surface area contributed by atoms with Crippen molar-refractivity contribution in [1.29, 1.82) is 0 Å². The zero-order valence-electron chi connectivity index (χ0n) is 9.14. The second kappa shape index (κ2) is 4.72. The number of anilines is 1. The van der Waals surface area contributed by atoms with Crippen molar-refractivity contribution in [1.82, 2.24) is 10.2 Å². The Kier molecular flexibility index (Phi) is 3.12. The number of nitrogens with zero attached hydrogens (tertiary/aromatic N) is 2. The predicted molar refractivity (Wildman–Crippen MR) is 63.8 cm³/mol. The number of hydrogen-bond donors (Lipinski definition) is 2. The van der Waals surface area contributed by atoms with Gasteiger partial charge in [-0.05, 0) is 30.5 Å². The summed E-state index contributed by atoms with van der Waals surface area (Å²) < 4.78 is 0. The van der Waals surface area contributed by atoms with Crippen molar-refractivity contribution < 1.29 is 0 Å². The van der Waals surface area contributed by atoms with Gasteiger partial charge in [0.1, 0.15) is 0 Å². The first-order valence-corrected chi connectivity index (χ1v) is 5.13. The number of aromatic nitrogens is 2. The van der Waals surface area contributed by atoms with Crippen LogP contribution in [0.1, 0.15) is 16.8 Å². The van der Waals surface area contributed by atoms with Gasteiger partial charge in [-0.2, -0.15) is 5.10 Å². The van der Waals surface area contributed by atoms with Gasteiger partial charge in [-0.15, -0.1) is 5.10 Å². The number of nitrogen functional groups attached to an aromatic ring is 1. The van der Waals surface area contributed by atoms with E-state index in [2.05, 4.69) is 27.8 Å². The Balaban J connectivity index is 2.27. The summed E-state index contributed by atoms with van der Waals surface area (Å²) >= 11 is 0. The van der Waals surface area contributed by atoms with Crippen LogP contribution in [0.25, 0.3) is 0 Å². The summed E-state index contributed by atoms with van der Waals surface area (Å²) in [6, 6.07) is 12.2. The lowest BCUT2D eigenvalue weighted by Crippen LogP contribution is -2.10. The number of hydrazine groups is 1. The smallest absolute Gasteiger partial charge is 0.162 e. The number of rotatable bonds is 3. The second-order valence-corrected chi connectivity index (χ2v) is 3.65. The highest BCUT2D eigenvalue weighted by Crippen LogP contribution is 2.14. The summed E-state index contributed by atoms with van der Waals surface area (Å²) in [7, 11) is 0. The standard InChI is InChI=1S/C12H14N4/c1-9-11(8-12(14-13)16-15-9)7-10-5-3-2-4-6-10/h2-6,8H,7,13H2,1H3,(H,14,16). The molecule has 0 bridgehead atoms. The van der Waals surface area contributed by atoms with E-state index in [1.54, 1.807) is 0 Å². The number of nitrogens with two attached hydrogens (primary N) is 1. The van der Waals surface area contributed by atoms with E-state index in [-0.39, 0.29) is 0 Å². The summed E-state index contributed by atoms with van der Waals surface area (Å²) in [5.41, 5.74) is 5.82.